The maximum Gasteiger partial charge on any atom is 0.120 e. The lowest BCUT2D eigenvalue weighted by Gasteiger charge is -2.26. The molecule has 0 aliphatic carbocycles. The van der Waals surface area contributed by atoms with Crippen LogP contribution in [0.15, 0.2) is 84.9 Å². The number of ether oxygens (including phenoxy) is 3. The van der Waals surface area contributed by atoms with E-state index in [4.69, 9.17) is 19.3 Å². The zero-order chi connectivity index (χ0) is 23.2. The second-order valence-electron chi connectivity index (χ2n) is 8.22. The molecule has 5 rings (SSSR count). The molecule has 0 amide bonds. The number of rotatable bonds is 8. The van der Waals surface area contributed by atoms with Crippen LogP contribution in [0.4, 0.5) is 0 Å². The van der Waals surface area contributed by atoms with Gasteiger partial charge >= 0.3 is 0 Å². The molecule has 1 aliphatic rings. The van der Waals surface area contributed by atoms with Crippen molar-refractivity contribution >= 4 is 0 Å². The van der Waals surface area contributed by atoms with Gasteiger partial charge in [0.05, 0.1) is 37.4 Å². The highest BCUT2D eigenvalue weighted by Gasteiger charge is 2.14. The van der Waals surface area contributed by atoms with Crippen molar-refractivity contribution in [2.75, 3.05) is 46.6 Å². The minimum atomic E-state index is 0.651. The third-order valence-electron chi connectivity index (χ3n) is 6.01. The second-order valence-corrected chi connectivity index (χ2v) is 8.22. The van der Waals surface area contributed by atoms with Crippen LogP contribution in [0.3, 0.4) is 0 Å². The second kappa shape index (κ2) is 10.5. The highest BCUT2D eigenvalue weighted by Crippen LogP contribution is 2.31. The van der Waals surface area contributed by atoms with Crippen LogP contribution in [0.2, 0.25) is 0 Å². The van der Waals surface area contributed by atoms with Gasteiger partial charge in [-0.05, 0) is 54.6 Å². The van der Waals surface area contributed by atoms with Gasteiger partial charge in [0.2, 0.25) is 0 Å². The Balaban J connectivity index is 1.42. The zero-order valence-electron chi connectivity index (χ0n) is 19.4. The van der Waals surface area contributed by atoms with Crippen molar-refractivity contribution in [3.8, 4) is 39.7 Å². The SMILES string of the molecule is COc1ccc(-c2cc(-c3cccc(OCCN4CCOCC4)c3)n(-c3ccccc3)n2)cc1. The van der Waals surface area contributed by atoms with E-state index in [0.29, 0.717) is 6.61 Å². The lowest BCUT2D eigenvalue weighted by Crippen LogP contribution is -2.38. The molecule has 4 aromatic rings. The van der Waals surface area contributed by atoms with Crippen molar-refractivity contribution in [3.63, 3.8) is 0 Å². The third kappa shape index (κ3) is 5.14. The highest BCUT2D eigenvalue weighted by atomic mass is 16.5. The lowest BCUT2D eigenvalue weighted by atomic mass is 10.1. The average Bonchev–Trinajstić information content (AvgIpc) is 3.36. The Morgan fingerprint density at radius 3 is 2.38 bits per heavy atom. The first-order chi connectivity index (χ1) is 16.8. The quantitative estimate of drug-likeness (QED) is 0.377. The van der Waals surface area contributed by atoms with Crippen LogP contribution >= 0.6 is 0 Å². The van der Waals surface area contributed by atoms with E-state index in [9.17, 15) is 0 Å². The fourth-order valence-corrected chi connectivity index (χ4v) is 4.12. The number of hydrogen-bond donors (Lipinski definition) is 0. The predicted molar refractivity (Wildman–Crippen MR) is 134 cm³/mol. The summed E-state index contributed by atoms with van der Waals surface area (Å²) in [5.41, 5.74) is 5.02. The van der Waals surface area contributed by atoms with Crippen molar-refractivity contribution in [3.05, 3.63) is 84.9 Å². The Morgan fingerprint density at radius 1 is 0.824 bits per heavy atom. The van der Waals surface area contributed by atoms with E-state index in [1.165, 1.54) is 0 Å². The Kier molecular flexibility index (Phi) is 6.89. The third-order valence-corrected chi connectivity index (χ3v) is 6.01. The molecule has 0 N–H and O–H groups in total. The Bertz CT molecular complexity index is 1200. The summed E-state index contributed by atoms with van der Waals surface area (Å²) in [7, 11) is 1.67. The van der Waals surface area contributed by atoms with E-state index in [-0.39, 0.29) is 0 Å². The van der Waals surface area contributed by atoms with Gasteiger partial charge in [0, 0.05) is 30.8 Å². The van der Waals surface area contributed by atoms with Crippen LogP contribution in [0, 0.1) is 0 Å². The van der Waals surface area contributed by atoms with Gasteiger partial charge in [-0.1, -0.05) is 30.3 Å². The van der Waals surface area contributed by atoms with Crippen LogP contribution in [0.1, 0.15) is 0 Å². The standard InChI is InChI=1S/C28H29N3O3/c1-32-25-12-10-22(11-13-25)27-21-28(31(29-27)24-7-3-2-4-8-24)23-6-5-9-26(20-23)34-19-16-30-14-17-33-18-15-30/h2-13,20-21H,14-19H2,1H3. The Labute approximate surface area is 200 Å². The van der Waals surface area contributed by atoms with E-state index in [1.54, 1.807) is 7.11 Å². The van der Waals surface area contributed by atoms with Crippen LogP contribution in [-0.4, -0.2) is 61.2 Å². The molecule has 3 aromatic carbocycles. The number of nitrogens with zero attached hydrogens (tertiary/aromatic N) is 3. The first kappa shape index (κ1) is 22.2. The van der Waals surface area contributed by atoms with E-state index < -0.39 is 0 Å². The Morgan fingerprint density at radius 2 is 1.62 bits per heavy atom. The van der Waals surface area contributed by atoms with Crippen molar-refractivity contribution in [2.45, 2.75) is 0 Å². The van der Waals surface area contributed by atoms with Crippen molar-refractivity contribution in [1.82, 2.24) is 14.7 Å². The average molecular weight is 456 g/mol. The fraction of sp³-hybridized carbons (Fsp3) is 0.250. The smallest absolute Gasteiger partial charge is 0.120 e. The van der Waals surface area contributed by atoms with Crippen LogP contribution < -0.4 is 9.47 Å². The molecule has 174 valence electrons. The molecule has 0 saturated carbocycles. The summed E-state index contributed by atoms with van der Waals surface area (Å²) >= 11 is 0. The number of methoxy groups -OCH3 is 1. The molecule has 0 radical (unpaired) electrons. The molecule has 1 fully saturated rings. The van der Waals surface area contributed by atoms with Crippen LogP contribution in [0.25, 0.3) is 28.2 Å². The molecular formula is C28H29N3O3. The molecule has 1 saturated heterocycles. The van der Waals surface area contributed by atoms with Gasteiger partial charge in [0.1, 0.15) is 18.1 Å². The molecule has 0 spiro atoms. The molecule has 0 unspecified atom stereocenters. The summed E-state index contributed by atoms with van der Waals surface area (Å²) in [6, 6.07) is 28.5. The molecule has 6 nitrogen and oxygen atoms in total. The van der Waals surface area contributed by atoms with Gasteiger partial charge < -0.3 is 14.2 Å². The number of para-hydroxylation sites is 1. The lowest BCUT2D eigenvalue weighted by molar-refractivity contribution is 0.0322. The van der Waals surface area contributed by atoms with Crippen LogP contribution in [-0.2, 0) is 4.74 Å². The minimum Gasteiger partial charge on any atom is -0.497 e. The molecule has 2 heterocycles. The first-order valence-electron chi connectivity index (χ1n) is 11.6. The summed E-state index contributed by atoms with van der Waals surface area (Å²) in [6.45, 7) is 5.09. The van der Waals surface area contributed by atoms with Gasteiger partial charge in [-0.25, -0.2) is 4.68 Å². The largest absolute Gasteiger partial charge is 0.497 e. The molecular weight excluding hydrogens is 426 g/mol. The van der Waals surface area contributed by atoms with Gasteiger partial charge in [0.15, 0.2) is 0 Å². The summed E-state index contributed by atoms with van der Waals surface area (Å²) in [6.07, 6.45) is 0. The normalized spacial score (nSPS) is 14.1. The van der Waals surface area contributed by atoms with Crippen LogP contribution in [0.5, 0.6) is 11.5 Å². The summed E-state index contributed by atoms with van der Waals surface area (Å²) in [4.78, 5) is 2.37. The summed E-state index contributed by atoms with van der Waals surface area (Å²) in [5, 5.41) is 4.95. The van der Waals surface area contributed by atoms with Gasteiger partial charge in [-0.15, -0.1) is 0 Å². The number of morpholine rings is 1. The minimum absolute atomic E-state index is 0.651. The number of benzene rings is 3. The number of hydrogen-bond acceptors (Lipinski definition) is 5. The van der Waals surface area contributed by atoms with E-state index in [0.717, 1.165) is 72.5 Å². The number of aromatic nitrogens is 2. The summed E-state index contributed by atoms with van der Waals surface area (Å²) < 4.78 is 18.8. The fourth-order valence-electron chi connectivity index (χ4n) is 4.12. The summed E-state index contributed by atoms with van der Waals surface area (Å²) in [5.74, 6) is 1.69. The topological polar surface area (TPSA) is 48.8 Å². The van der Waals surface area contributed by atoms with Crippen molar-refractivity contribution in [2.24, 2.45) is 0 Å². The van der Waals surface area contributed by atoms with E-state index in [1.807, 2.05) is 59.3 Å². The van der Waals surface area contributed by atoms with E-state index >= 15 is 0 Å². The maximum atomic E-state index is 6.11. The van der Waals surface area contributed by atoms with Crippen molar-refractivity contribution in [1.29, 1.82) is 0 Å². The first-order valence-corrected chi connectivity index (χ1v) is 11.6. The molecule has 6 heteroatoms. The molecule has 0 atom stereocenters. The predicted octanol–water partition coefficient (Wildman–Crippen LogP) is 4.93. The molecule has 1 aromatic heterocycles. The van der Waals surface area contributed by atoms with Crippen molar-refractivity contribution < 1.29 is 14.2 Å². The van der Waals surface area contributed by atoms with Gasteiger partial charge in [0.25, 0.3) is 0 Å². The maximum absolute atomic E-state index is 6.11. The van der Waals surface area contributed by atoms with Gasteiger partial charge in [-0.2, -0.15) is 5.10 Å². The Hall–Kier alpha value is -3.61. The van der Waals surface area contributed by atoms with Gasteiger partial charge in [-0.3, -0.25) is 4.90 Å². The highest BCUT2D eigenvalue weighted by molar-refractivity contribution is 5.71. The monoisotopic (exact) mass is 455 g/mol. The molecule has 0 bridgehead atoms. The zero-order valence-corrected chi connectivity index (χ0v) is 19.4. The molecule has 34 heavy (non-hydrogen) atoms. The van der Waals surface area contributed by atoms with E-state index in [2.05, 4.69) is 35.2 Å². The molecule has 1 aliphatic heterocycles.